The first-order valence-corrected chi connectivity index (χ1v) is 13.7. The van der Waals surface area contributed by atoms with Crippen LogP contribution in [0, 0.1) is 0 Å². The van der Waals surface area contributed by atoms with Gasteiger partial charge in [0.1, 0.15) is 0 Å². The van der Waals surface area contributed by atoms with Gasteiger partial charge in [0.05, 0.1) is 13.2 Å². The first-order valence-electron chi connectivity index (χ1n) is 12.2. The summed E-state index contributed by atoms with van der Waals surface area (Å²) in [5.74, 6) is 0. The molecule has 4 nitrogen and oxygen atoms in total. The zero-order chi connectivity index (χ0) is 20.8. The van der Waals surface area contributed by atoms with Crippen molar-refractivity contribution in [3.63, 3.8) is 0 Å². The Hall–Kier alpha value is 0.110. The molecule has 28 heavy (non-hydrogen) atoms. The molecule has 0 aliphatic carbocycles. The van der Waals surface area contributed by atoms with Gasteiger partial charge in [-0.2, -0.15) is 0 Å². The maximum Gasteiger partial charge on any atom is 0.472 e. The van der Waals surface area contributed by atoms with Gasteiger partial charge >= 0.3 is 7.82 Å². The van der Waals surface area contributed by atoms with Crippen LogP contribution in [0.3, 0.4) is 0 Å². The van der Waals surface area contributed by atoms with Crippen LogP contribution in [-0.2, 0) is 13.6 Å². The molecule has 0 heterocycles. The fraction of sp³-hybridized carbons (Fsp3) is 1.00. The molecule has 0 fully saturated rings. The molecule has 0 aromatic heterocycles. The predicted octanol–water partition coefficient (Wildman–Crippen LogP) is 8.57. The van der Waals surface area contributed by atoms with E-state index in [1.165, 1.54) is 96.3 Å². The Morgan fingerprint density at radius 1 is 0.500 bits per heavy atom. The van der Waals surface area contributed by atoms with Crippen molar-refractivity contribution in [2.75, 3.05) is 13.2 Å². The lowest BCUT2D eigenvalue weighted by Gasteiger charge is -2.12. The smallest absolute Gasteiger partial charge is 0.302 e. The Bertz CT molecular complexity index is 349. The van der Waals surface area contributed by atoms with Gasteiger partial charge in [0, 0.05) is 0 Å². The molecule has 170 valence electrons. The van der Waals surface area contributed by atoms with Crippen molar-refractivity contribution in [1.82, 2.24) is 0 Å². The van der Waals surface area contributed by atoms with Crippen LogP contribution in [0.2, 0.25) is 0 Å². The van der Waals surface area contributed by atoms with Gasteiger partial charge in [-0.05, 0) is 12.8 Å². The van der Waals surface area contributed by atoms with Crippen molar-refractivity contribution in [1.29, 1.82) is 0 Å². The SMILES string of the molecule is CCCCCCCCCCCCCCOP(=O)(O)OCCCCCCCCC. The zero-order valence-electron chi connectivity index (χ0n) is 19.0. The van der Waals surface area contributed by atoms with Crippen LogP contribution in [0.4, 0.5) is 0 Å². The summed E-state index contributed by atoms with van der Waals surface area (Å²) in [6.07, 6.45) is 23.4. The molecule has 1 atom stereocenters. The molecule has 0 saturated carbocycles. The van der Waals surface area contributed by atoms with Gasteiger partial charge in [-0.1, -0.05) is 123 Å². The predicted molar refractivity (Wildman–Crippen MR) is 121 cm³/mol. The van der Waals surface area contributed by atoms with Gasteiger partial charge in [0.25, 0.3) is 0 Å². The minimum Gasteiger partial charge on any atom is -0.302 e. The molecule has 0 aliphatic heterocycles. The maximum absolute atomic E-state index is 11.8. The van der Waals surface area contributed by atoms with Gasteiger partial charge in [0.15, 0.2) is 0 Å². The van der Waals surface area contributed by atoms with E-state index in [1.54, 1.807) is 0 Å². The second-order valence-corrected chi connectivity index (χ2v) is 9.60. The van der Waals surface area contributed by atoms with Gasteiger partial charge in [0.2, 0.25) is 0 Å². The molecular weight excluding hydrogens is 371 g/mol. The van der Waals surface area contributed by atoms with Crippen molar-refractivity contribution < 1.29 is 18.5 Å². The molecule has 0 aromatic carbocycles. The van der Waals surface area contributed by atoms with E-state index in [9.17, 15) is 9.46 Å². The summed E-state index contributed by atoms with van der Waals surface area (Å²) in [6.45, 7) is 5.11. The molecule has 1 unspecified atom stereocenters. The van der Waals surface area contributed by atoms with E-state index in [4.69, 9.17) is 9.05 Å². The quantitative estimate of drug-likeness (QED) is 0.133. The van der Waals surface area contributed by atoms with Crippen LogP contribution >= 0.6 is 7.82 Å². The Labute approximate surface area is 175 Å². The first kappa shape index (κ1) is 28.1. The Kier molecular flexibility index (Phi) is 21.9. The van der Waals surface area contributed by atoms with Crippen LogP contribution < -0.4 is 0 Å². The van der Waals surface area contributed by atoms with E-state index >= 15 is 0 Å². The zero-order valence-corrected chi connectivity index (χ0v) is 19.9. The highest BCUT2D eigenvalue weighted by Gasteiger charge is 2.19. The number of rotatable bonds is 23. The molecule has 5 heteroatoms. The molecule has 0 aliphatic rings. The monoisotopic (exact) mass is 420 g/mol. The summed E-state index contributed by atoms with van der Waals surface area (Å²) in [7, 11) is -3.84. The van der Waals surface area contributed by atoms with Gasteiger partial charge in [-0.15, -0.1) is 0 Å². The van der Waals surface area contributed by atoms with Crippen LogP contribution in [-0.4, -0.2) is 18.1 Å². The third-order valence-corrected chi connectivity index (χ3v) is 6.27. The second-order valence-electron chi connectivity index (χ2n) is 8.15. The molecule has 0 rings (SSSR count). The van der Waals surface area contributed by atoms with Gasteiger partial charge in [-0.3, -0.25) is 9.05 Å². The number of hydrogen-bond acceptors (Lipinski definition) is 3. The largest absolute Gasteiger partial charge is 0.472 e. The number of phosphoric acid groups is 1. The molecule has 1 N–H and O–H groups in total. The average Bonchev–Trinajstić information content (AvgIpc) is 2.67. The van der Waals surface area contributed by atoms with Crippen molar-refractivity contribution in [2.45, 2.75) is 136 Å². The maximum atomic E-state index is 11.8. The van der Waals surface area contributed by atoms with Crippen molar-refractivity contribution in [3.8, 4) is 0 Å². The fourth-order valence-electron chi connectivity index (χ4n) is 3.40. The molecular formula is C23H49O4P. The first-order chi connectivity index (χ1) is 13.6. The highest BCUT2D eigenvalue weighted by atomic mass is 31.2. The number of phosphoric ester groups is 1. The van der Waals surface area contributed by atoms with Crippen molar-refractivity contribution in [3.05, 3.63) is 0 Å². The summed E-state index contributed by atoms with van der Waals surface area (Å²) >= 11 is 0. The van der Waals surface area contributed by atoms with Gasteiger partial charge in [-0.25, -0.2) is 4.57 Å². The van der Waals surface area contributed by atoms with E-state index in [0.717, 1.165) is 25.7 Å². The summed E-state index contributed by atoms with van der Waals surface area (Å²) in [5.41, 5.74) is 0. The molecule has 0 aromatic rings. The van der Waals surface area contributed by atoms with E-state index < -0.39 is 7.82 Å². The van der Waals surface area contributed by atoms with Crippen molar-refractivity contribution in [2.24, 2.45) is 0 Å². The van der Waals surface area contributed by atoms with E-state index in [2.05, 4.69) is 13.8 Å². The van der Waals surface area contributed by atoms with E-state index in [-0.39, 0.29) is 0 Å². The van der Waals surface area contributed by atoms with Crippen molar-refractivity contribution >= 4 is 7.82 Å². The molecule has 0 saturated heterocycles. The van der Waals surface area contributed by atoms with Crippen LogP contribution in [0.25, 0.3) is 0 Å². The molecule has 0 spiro atoms. The second kappa shape index (κ2) is 21.8. The summed E-state index contributed by atoms with van der Waals surface area (Å²) < 4.78 is 21.9. The molecule has 0 bridgehead atoms. The molecule has 0 radical (unpaired) electrons. The topological polar surface area (TPSA) is 55.8 Å². The Balaban J connectivity index is 3.30. The summed E-state index contributed by atoms with van der Waals surface area (Å²) in [5, 5.41) is 0. The highest BCUT2D eigenvalue weighted by Crippen LogP contribution is 2.43. The number of hydrogen-bond donors (Lipinski definition) is 1. The van der Waals surface area contributed by atoms with E-state index in [0.29, 0.717) is 13.2 Å². The normalized spacial score (nSPS) is 13.7. The standard InChI is InChI=1S/C23H49O4P/c1-3-5-7-9-11-12-13-14-15-17-19-21-23-27-28(24,25)26-22-20-18-16-10-8-6-4-2/h3-23H2,1-2H3,(H,24,25). The fourth-order valence-corrected chi connectivity index (χ4v) is 4.19. The number of unbranched alkanes of at least 4 members (excludes halogenated alkanes) is 17. The molecule has 0 amide bonds. The average molecular weight is 421 g/mol. The van der Waals surface area contributed by atoms with Crippen LogP contribution in [0.15, 0.2) is 0 Å². The van der Waals surface area contributed by atoms with Gasteiger partial charge < -0.3 is 4.89 Å². The summed E-state index contributed by atoms with van der Waals surface area (Å²) in [6, 6.07) is 0. The highest BCUT2D eigenvalue weighted by molar-refractivity contribution is 7.47. The third kappa shape index (κ3) is 22.4. The minimum atomic E-state index is -3.84. The Morgan fingerprint density at radius 3 is 1.04 bits per heavy atom. The lowest BCUT2D eigenvalue weighted by molar-refractivity contribution is 0.145. The third-order valence-electron chi connectivity index (χ3n) is 5.25. The lowest BCUT2D eigenvalue weighted by Crippen LogP contribution is -1.99. The Morgan fingerprint density at radius 2 is 0.750 bits per heavy atom. The van der Waals surface area contributed by atoms with Crippen LogP contribution in [0.1, 0.15) is 136 Å². The minimum absolute atomic E-state index is 0.319. The lowest BCUT2D eigenvalue weighted by atomic mass is 10.1. The van der Waals surface area contributed by atoms with E-state index in [1.807, 2.05) is 0 Å². The van der Waals surface area contributed by atoms with Crippen LogP contribution in [0.5, 0.6) is 0 Å². The summed E-state index contributed by atoms with van der Waals surface area (Å²) in [4.78, 5) is 9.68.